The first-order valence-corrected chi connectivity index (χ1v) is 11.5. The Morgan fingerprint density at radius 2 is 1.87 bits per heavy atom. The molecule has 0 amide bonds. The number of hydrogen-bond donors (Lipinski definition) is 1. The number of piperidine rings is 1. The number of aliphatic hydroxyl groups excluding tert-OH is 1. The number of ether oxygens (including phenoxy) is 2. The van der Waals surface area contributed by atoms with Crippen molar-refractivity contribution >= 4 is 5.82 Å². The lowest BCUT2D eigenvalue weighted by Gasteiger charge is -2.30. The Morgan fingerprint density at radius 3 is 2.65 bits per heavy atom. The van der Waals surface area contributed by atoms with Crippen molar-refractivity contribution < 1.29 is 14.6 Å². The van der Waals surface area contributed by atoms with Crippen LogP contribution in [0.5, 0.6) is 11.5 Å². The molecule has 0 spiro atoms. The highest BCUT2D eigenvalue weighted by Gasteiger charge is 2.18. The third-order valence-electron chi connectivity index (χ3n) is 6.14. The van der Waals surface area contributed by atoms with Gasteiger partial charge in [-0.25, -0.2) is 9.97 Å². The lowest BCUT2D eigenvalue weighted by molar-refractivity contribution is 0.145. The molecule has 1 N–H and O–H groups in total. The van der Waals surface area contributed by atoms with Gasteiger partial charge in [0, 0.05) is 32.3 Å². The van der Waals surface area contributed by atoms with Crippen molar-refractivity contribution in [2.75, 3.05) is 51.3 Å². The van der Waals surface area contributed by atoms with Gasteiger partial charge in [0.15, 0.2) is 11.5 Å². The Labute approximate surface area is 185 Å². The van der Waals surface area contributed by atoms with Crippen LogP contribution in [0.3, 0.4) is 0 Å². The van der Waals surface area contributed by atoms with E-state index in [1.54, 1.807) is 7.11 Å². The fraction of sp³-hybridized carbons (Fsp3) is 0.583. The Hall–Kier alpha value is -2.38. The molecule has 1 aromatic carbocycles. The molecule has 7 heteroatoms. The maximum atomic E-state index is 9.74. The number of anilines is 1. The number of nitrogens with zero attached hydrogens (tertiary/aromatic N) is 4. The summed E-state index contributed by atoms with van der Waals surface area (Å²) in [6.07, 6.45) is 7.50. The first-order chi connectivity index (χ1) is 15.2. The first kappa shape index (κ1) is 21.8. The van der Waals surface area contributed by atoms with Crippen LogP contribution < -0.4 is 14.4 Å². The normalized spacial score (nSPS) is 17.8. The molecule has 4 rings (SSSR count). The van der Waals surface area contributed by atoms with Gasteiger partial charge in [0.05, 0.1) is 19.8 Å². The van der Waals surface area contributed by atoms with Gasteiger partial charge in [-0.1, -0.05) is 6.07 Å². The summed E-state index contributed by atoms with van der Waals surface area (Å²) in [6.45, 7) is 5.87. The molecule has 0 bridgehead atoms. The molecule has 2 saturated heterocycles. The van der Waals surface area contributed by atoms with Crippen molar-refractivity contribution in [2.24, 2.45) is 0 Å². The van der Waals surface area contributed by atoms with E-state index in [1.165, 1.54) is 25.9 Å². The number of hydrogen-bond acceptors (Lipinski definition) is 7. The summed E-state index contributed by atoms with van der Waals surface area (Å²) < 4.78 is 11.6. The summed E-state index contributed by atoms with van der Waals surface area (Å²) in [5.74, 6) is 3.26. The lowest BCUT2D eigenvalue weighted by Crippen LogP contribution is -2.36. The van der Waals surface area contributed by atoms with Crippen LogP contribution >= 0.6 is 0 Å². The molecule has 0 unspecified atom stereocenters. The van der Waals surface area contributed by atoms with Crippen LogP contribution in [0.15, 0.2) is 30.5 Å². The molecule has 0 saturated carbocycles. The van der Waals surface area contributed by atoms with Gasteiger partial charge in [0.2, 0.25) is 0 Å². The average molecular weight is 427 g/mol. The van der Waals surface area contributed by atoms with Crippen molar-refractivity contribution in [2.45, 2.75) is 44.6 Å². The SMILES string of the molecule is COc1ccc(Cc2nccc(N3CCC(O)CC3)n2)cc1OCCCN1CCCC1. The van der Waals surface area contributed by atoms with Crippen LogP contribution in [0.25, 0.3) is 0 Å². The summed E-state index contributed by atoms with van der Waals surface area (Å²) in [5, 5.41) is 9.74. The fourth-order valence-corrected chi connectivity index (χ4v) is 4.35. The zero-order valence-corrected chi connectivity index (χ0v) is 18.5. The molecule has 0 aliphatic carbocycles. The molecule has 0 atom stereocenters. The molecule has 7 nitrogen and oxygen atoms in total. The zero-order chi connectivity index (χ0) is 21.5. The first-order valence-electron chi connectivity index (χ1n) is 11.5. The molecular weight excluding hydrogens is 392 g/mol. The highest BCUT2D eigenvalue weighted by molar-refractivity contribution is 5.44. The number of likely N-dealkylation sites (tertiary alicyclic amines) is 1. The van der Waals surface area contributed by atoms with E-state index in [-0.39, 0.29) is 6.10 Å². The van der Waals surface area contributed by atoms with Gasteiger partial charge in [0.1, 0.15) is 11.6 Å². The second kappa shape index (κ2) is 10.8. The minimum Gasteiger partial charge on any atom is -0.493 e. The van der Waals surface area contributed by atoms with Gasteiger partial charge in [-0.05, 0) is 69.0 Å². The van der Waals surface area contributed by atoms with Gasteiger partial charge in [-0.15, -0.1) is 0 Å². The quantitative estimate of drug-likeness (QED) is 0.618. The van der Waals surface area contributed by atoms with Crippen LogP contribution in [0, 0.1) is 0 Å². The van der Waals surface area contributed by atoms with Crippen LogP contribution in [-0.2, 0) is 6.42 Å². The smallest absolute Gasteiger partial charge is 0.161 e. The van der Waals surface area contributed by atoms with Gasteiger partial charge in [-0.2, -0.15) is 0 Å². The number of rotatable bonds is 9. The van der Waals surface area contributed by atoms with E-state index in [4.69, 9.17) is 14.5 Å². The van der Waals surface area contributed by atoms with Crippen molar-refractivity contribution in [3.63, 3.8) is 0 Å². The van der Waals surface area contributed by atoms with Crippen LogP contribution in [0.1, 0.15) is 43.5 Å². The Balaban J connectivity index is 1.36. The van der Waals surface area contributed by atoms with Crippen LogP contribution in [0.2, 0.25) is 0 Å². The highest BCUT2D eigenvalue weighted by Crippen LogP contribution is 2.29. The van der Waals surface area contributed by atoms with Crippen molar-refractivity contribution in [1.82, 2.24) is 14.9 Å². The van der Waals surface area contributed by atoms with Gasteiger partial charge < -0.3 is 24.4 Å². The second-order valence-electron chi connectivity index (χ2n) is 8.46. The van der Waals surface area contributed by atoms with Gasteiger partial charge in [0.25, 0.3) is 0 Å². The monoisotopic (exact) mass is 426 g/mol. The molecular formula is C24H34N4O3. The summed E-state index contributed by atoms with van der Waals surface area (Å²) in [6, 6.07) is 8.00. The zero-order valence-electron chi connectivity index (χ0n) is 18.5. The lowest BCUT2D eigenvalue weighted by atomic mass is 10.1. The molecule has 2 aromatic rings. The average Bonchev–Trinajstić information content (AvgIpc) is 3.31. The molecule has 2 fully saturated rings. The molecule has 1 aromatic heterocycles. The summed E-state index contributed by atoms with van der Waals surface area (Å²) in [4.78, 5) is 14.0. The predicted molar refractivity (Wildman–Crippen MR) is 121 cm³/mol. The Kier molecular flexibility index (Phi) is 7.59. The van der Waals surface area contributed by atoms with E-state index in [1.807, 2.05) is 30.5 Å². The molecule has 31 heavy (non-hydrogen) atoms. The van der Waals surface area contributed by atoms with E-state index in [0.717, 1.165) is 67.6 Å². The topological polar surface area (TPSA) is 71.0 Å². The van der Waals surface area contributed by atoms with Gasteiger partial charge >= 0.3 is 0 Å². The van der Waals surface area contributed by atoms with Gasteiger partial charge in [-0.3, -0.25) is 0 Å². The van der Waals surface area contributed by atoms with E-state index < -0.39 is 0 Å². The van der Waals surface area contributed by atoms with Crippen molar-refractivity contribution in [3.8, 4) is 11.5 Å². The maximum Gasteiger partial charge on any atom is 0.161 e. The third-order valence-corrected chi connectivity index (χ3v) is 6.14. The summed E-state index contributed by atoms with van der Waals surface area (Å²) in [5.41, 5.74) is 1.10. The molecule has 0 radical (unpaired) electrons. The standard InChI is InChI=1S/C24H34N4O3/c1-30-21-6-5-19(17-22(21)31-16-4-13-27-11-2-3-12-27)18-23-25-10-7-24(26-23)28-14-8-20(29)9-15-28/h5-7,10,17,20,29H,2-4,8-9,11-16,18H2,1H3. The number of benzene rings is 1. The van der Waals surface area contributed by atoms with E-state index in [9.17, 15) is 5.11 Å². The van der Waals surface area contributed by atoms with E-state index >= 15 is 0 Å². The number of aliphatic hydroxyl groups is 1. The minimum absolute atomic E-state index is 0.189. The van der Waals surface area contributed by atoms with Crippen molar-refractivity contribution in [3.05, 3.63) is 41.9 Å². The maximum absolute atomic E-state index is 9.74. The Bertz CT molecular complexity index is 833. The number of methoxy groups -OCH3 is 1. The minimum atomic E-state index is -0.189. The van der Waals surface area contributed by atoms with E-state index in [0.29, 0.717) is 13.0 Å². The predicted octanol–water partition coefficient (Wildman–Crippen LogP) is 2.90. The van der Waals surface area contributed by atoms with Crippen LogP contribution in [-0.4, -0.2) is 72.5 Å². The van der Waals surface area contributed by atoms with Crippen LogP contribution in [0.4, 0.5) is 5.82 Å². The second-order valence-corrected chi connectivity index (χ2v) is 8.46. The third kappa shape index (κ3) is 6.08. The summed E-state index contributed by atoms with van der Waals surface area (Å²) >= 11 is 0. The Morgan fingerprint density at radius 1 is 1.06 bits per heavy atom. The molecule has 3 heterocycles. The summed E-state index contributed by atoms with van der Waals surface area (Å²) in [7, 11) is 1.67. The largest absolute Gasteiger partial charge is 0.493 e. The fourth-order valence-electron chi connectivity index (χ4n) is 4.35. The highest BCUT2D eigenvalue weighted by atomic mass is 16.5. The molecule has 2 aliphatic heterocycles. The van der Waals surface area contributed by atoms with E-state index in [2.05, 4.69) is 14.8 Å². The number of aromatic nitrogens is 2. The van der Waals surface area contributed by atoms with Crippen molar-refractivity contribution in [1.29, 1.82) is 0 Å². The molecule has 2 aliphatic rings. The molecule has 168 valence electrons.